The van der Waals surface area contributed by atoms with E-state index in [9.17, 15) is 13.6 Å². The van der Waals surface area contributed by atoms with E-state index in [0.29, 0.717) is 38.2 Å². The van der Waals surface area contributed by atoms with Crippen molar-refractivity contribution in [2.24, 2.45) is 0 Å². The summed E-state index contributed by atoms with van der Waals surface area (Å²) in [6, 6.07) is 3.12. The summed E-state index contributed by atoms with van der Waals surface area (Å²) in [4.78, 5) is 13.4. The highest BCUT2D eigenvalue weighted by atomic mass is 19.1. The first kappa shape index (κ1) is 15.5. The number of urea groups is 1. The van der Waals surface area contributed by atoms with Crippen molar-refractivity contribution in [2.75, 3.05) is 31.1 Å². The van der Waals surface area contributed by atoms with Crippen LogP contribution in [0.15, 0.2) is 18.2 Å². The van der Waals surface area contributed by atoms with Gasteiger partial charge in [0.15, 0.2) is 0 Å². The fourth-order valence-corrected chi connectivity index (χ4v) is 2.35. The van der Waals surface area contributed by atoms with Crippen LogP contribution in [0.25, 0.3) is 0 Å². The Morgan fingerprint density at radius 2 is 2.24 bits per heavy atom. The first-order chi connectivity index (χ1) is 10.1. The van der Waals surface area contributed by atoms with Gasteiger partial charge >= 0.3 is 6.03 Å². The van der Waals surface area contributed by atoms with Crippen LogP contribution >= 0.6 is 0 Å². The third-order valence-electron chi connectivity index (χ3n) is 3.39. The molecule has 3 N–H and O–H groups in total. The fraction of sp³-hybridized carbons (Fsp3) is 0.500. The molecule has 1 aliphatic heterocycles. The van der Waals surface area contributed by atoms with Gasteiger partial charge in [-0.1, -0.05) is 0 Å². The van der Waals surface area contributed by atoms with Crippen molar-refractivity contribution in [1.29, 1.82) is 0 Å². The number of hydrogen-bond acceptors (Lipinski definition) is 3. The molecule has 0 saturated carbocycles. The van der Waals surface area contributed by atoms with Crippen LogP contribution in [-0.4, -0.2) is 43.4 Å². The molecule has 1 unspecified atom stereocenters. The number of aliphatic hydroxyl groups excluding tert-OH is 1. The van der Waals surface area contributed by atoms with Gasteiger partial charge in [-0.25, -0.2) is 13.6 Å². The molecular formula is C14H19F2N3O2. The van der Waals surface area contributed by atoms with Crippen molar-refractivity contribution >= 4 is 11.7 Å². The van der Waals surface area contributed by atoms with Gasteiger partial charge in [-0.2, -0.15) is 0 Å². The zero-order valence-corrected chi connectivity index (χ0v) is 11.6. The Morgan fingerprint density at radius 1 is 1.43 bits per heavy atom. The molecule has 0 aromatic heterocycles. The Bertz CT molecular complexity index is 499. The van der Waals surface area contributed by atoms with E-state index in [0.717, 1.165) is 6.07 Å². The van der Waals surface area contributed by atoms with Crippen LogP contribution in [0.3, 0.4) is 0 Å². The summed E-state index contributed by atoms with van der Waals surface area (Å²) >= 11 is 0. The first-order valence-electron chi connectivity index (χ1n) is 6.95. The highest BCUT2D eigenvalue weighted by molar-refractivity contribution is 5.74. The van der Waals surface area contributed by atoms with E-state index in [4.69, 9.17) is 5.11 Å². The van der Waals surface area contributed by atoms with Gasteiger partial charge in [0.25, 0.3) is 0 Å². The third kappa shape index (κ3) is 4.29. The molecule has 1 heterocycles. The predicted octanol–water partition coefficient (Wildman–Crippen LogP) is 1.23. The minimum absolute atomic E-state index is 0.0291. The molecule has 1 aromatic carbocycles. The molecule has 116 valence electrons. The molecule has 0 bridgehead atoms. The van der Waals surface area contributed by atoms with Crippen LogP contribution in [-0.2, 0) is 0 Å². The van der Waals surface area contributed by atoms with E-state index in [2.05, 4.69) is 10.6 Å². The van der Waals surface area contributed by atoms with E-state index >= 15 is 0 Å². The van der Waals surface area contributed by atoms with Gasteiger partial charge in [-0.15, -0.1) is 0 Å². The predicted molar refractivity (Wildman–Crippen MR) is 75.2 cm³/mol. The Labute approximate surface area is 121 Å². The minimum atomic E-state index is -0.603. The lowest BCUT2D eigenvalue weighted by Crippen LogP contribution is -2.43. The van der Waals surface area contributed by atoms with Crippen molar-refractivity contribution in [3.8, 4) is 0 Å². The van der Waals surface area contributed by atoms with E-state index in [1.54, 1.807) is 4.90 Å². The maximum atomic E-state index is 13.7. The summed E-state index contributed by atoms with van der Waals surface area (Å²) in [7, 11) is 0. The number of hydrogen-bond donors (Lipinski definition) is 3. The maximum Gasteiger partial charge on any atom is 0.315 e. The second kappa shape index (κ2) is 7.21. The van der Waals surface area contributed by atoms with Gasteiger partial charge in [0.05, 0.1) is 5.69 Å². The van der Waals surface area contributed by atoms with Crippen LogP contribution in [0.4, 0.5) is 19.3 Å². The molecule has 2 rings (SSSR count). The summed E-state index contributed by atoms with van der Waals surface area (Å²) in [6.45, 7) is 1.52. The summed E-state index contributed by atoms with van der Waals surface area (Å²) in [5, 5.41) is 14.1. The monoisotopic (exact) mass is 299 g/mol. The fourth-order valence-electron chi connectivity index (χ4n) is 2.35. The smallest absolute Gasteiger partial charge is 0.315 e. The second-order valence-corrected chi connectivity index (χ2v) is 5.00. The number of halogens is 2. The topological polar surface area (TPSA) is 64.6 Å². The van der Waals surface area contributed by atoms with Gasteiger partial charge < -0.3 is 20.6 Å². The van der Waals surface area contributed by atoms with Gasteiger partial charge in [0.2, 0.25) is 0 Å². The van der Waals surface area contributed by atoms with Crippen LogP contribution in [0.2, 0.25) is 0 Å². The number of rotatable bonds is 5. The summed E-state index contributed by atoms with van der Waals surface area (Å²) in [5.41, 5.74) is 0.349. The number of carbonyl (C=O) groups is 1. The lowest BCUT2D eigenvalue weighted by molar-refractivity contribution is 0.235. The summed E-state index contributed by atoms with van der Waals surface area (Å²) < 4.78 is 26.6. The van der Waals surface area contributed by atoms with Crippen LogP contribution in [0.1, 0.15) is 12.8 Å². The van der Waals surface area contributed by atoms with E-state index in [1.807, 2.05) is 0 Å². The summed E-state index contributed by atoms with van der Waals surface area (Å²) in [6.07, 6.45) is 1.20. The van der Waals surface area contributed by atoms with Crippen molar-refractivity contribution in [3.05, 3.63) is 29.8 Å². The molecule has 2 amide bonds. The van der Waals surface area contributed by atoms with Gasteiger partial charge in [-0.05, 0) is 25.0 Å². The molecule has 1 aliphatic rings. The molecule has 1 aromatic rings. The van der Waals surface area contributed by atoms with Crippen LogP contribution in [0, 0.1) is 11.6 Å². The number of nitrogens with one attached hydrogen (secondary N) is 2. The van der Waals surface area contributed by atoms with Gasteiger partial charge in [0.1, 0.15) is 11.6 Å². The number of amides is 2. The number of nitrogens with zero attached hydrogens (tertiary/aromatic N) is 1. The highest BCUT2D eigenvalue weighted by Gasteiger charge is 2.25. The molecule has 0 radical (unpaired) electrons. The first-order valence-corrected chi connectivity index (χ1v) is 6.95. The number of aliphatic hydroxyl groups is 1. The molecular weight excluding hydrogens is 280 g/mol. The zero-order chi connectivity index (χ0) is 15.2. The average Bonchev–Trinajstić information content (AvgIpc) is 2.87. The quantitative estimate of drug-likeness (QED) is 0.717. The van der Waals surface area contributed by atoms with Crippen molar-refractivity contribution in [1.82, 2.24) is 10.6 Å². The average molecular weight is 299 g/mol. The lowest BCUT2D eigenvalue weighted by atomic mass is 10.2. The number of anilines is 1. The Morgan fingerprint density at radius 3 is 2.95 bits per heavy atom. The highest BCUT2D eigenvalue weighted by Crippen LogP contribution is 2.24. The number of benzene rings is 1. The molecule has 0 spiro atoms. The Balaban J connectivity index is 1.84. The molecule has 1 fully saturated rings. The zero-order valence-electron chi connectivity index (χ0n) is 11.6. The molecule has 21 heavy (non-hydrogen) atoms. The lowest BCUT2D eigenvalue weighted by Gasteiger charge is -2.19. The maximum absolute atomic E-state index is 13.7. The summed E-state index contributed by atoms with van der Waals surface area (Å²) in [5.74, 6) is -1.20. The molecule has 0 aliphatic carbocycles. The van der Waals surface area contributed by atoms with E-state index in [1.165, 1.54) is 12.1 Å². The van der Waals surface area contributed by atoms with Crippen LogP contribution in [0.5, 0.6) is 0 Å². The van der Waals surface area contributed by atoms with Crippen molar-refractivity contribution in [2.45, 2.75) is 18.9 Å². The second-order valence-electron chi connectivity index (χ2n) is 5.00. The molecule has 1 saturated heterocycles. The molecule has 7 heteroatoms. The number of carbonyl (C=O) groups excluding carboxylic acids is 1. The third-order valence-corrected chi connectivity index (χ3v) is 3.39. The largest absolute Gasteiger partial charge is 0.396 e. The van der Waals surface area contributed by atoms with E-state index in [-0.39, 0.29) is 18.7 Å². The SMILES string of the molecule is O=C(NCCCO)NC1CCN(c2ccc(F)cc2F)C1. The standard InChI is InChI=1S/C14H19F2N3O2/c15-10-2-3-13(12(16)8-10)19-6-4-11(9-19)18-14(21)17-5-1-7-20/h2-3,8,11,20H,1,4-7,9H2,(H2,17,18,21). The minimum Gasteiger partial charge on any atom is -0.396 e. The van der Waals surface area contributed by atoms with Crippen LogP contribution < -0.4 is 15.5 Å². The van der Waals surface area contributed by atoms with Gasteiger partial charge in [-0.3, -0.25) is 0 Å². The molecule has 5 nitrogen and oxygen atoms in total. The Hall–Kier alpha value is -1.89. The Kier molecular flexibility index (Phi) is 5.32. The molecule has 1 atom stereocenters. The van der Waals surface area contributed by atoms with Crippen molar-refractivity contribution < 1.29 is 18.7 Å². The van der Waals surface area contributed by atoms with E-state index < -0.39 is 11.6 Å². The van der Waals surface area contributed by atoms with Gasteiger partial charge in [0, 0.05) is 38.3 Å². The normalized spacial score (nSPS) is 17.9. The van der Waals surface area contributed by atoms with Crippen molar-refractivity contribution in [3.63, 3.8) is 0 Å².